The maximum Gasteiger partial charge on any atom is 0.223 e. The van der Waals surface area contributed by atoms with Crippen LogP contribution in [0.4, 0.5) is 17.6 Å². The highest BCUT2D eigenvalue weighted by Crippen LogP contribution is 2.16. The van der Waals surface area contributed by atoms with Crippen molar-refractivity contribution < 1.29 is 4.74 Å². The number of nitrogens with one attached hydrogen (secondary N) is 2. The van der Waals surface area contributed by atoms with Crippen molar-refractivity contribution in [2.24, 2.45) is 0 Å². The smallest absolute Gasteiger partial charge is 0.223 e. The average molecular weight is 237 g/mol. The van der Waals surface area contributed by atoms with E-state index in [0.29, 0.717) is 6.10 Å². The first-order valence-electron chi connectivity index (χ1n) is 5.95. The monoisotopic (exact) mass is 237 g/mol. The molecule has 1 atom stereocenters. The summed E-state index contributed by atoms with van der Waals surface area (Å²) in [5.74, 6) is 1.74. The number of hydrogen-bond acceptors (Lipinski definition) is 6. The molecule has 1 fully saturated rings. The van der Waals surface area contributed by atoms with Crippen LogP contribution in [0.25, 0.3) is 0 Å². The van der Waals surface area contributed by atoms with Crippen molar-refractivity contribution in [2.75, 3.05) is 36.6 Å². The van der Waals surface area contributed by atoms with Gasteiger partial charge in [-0.1, -0.05) is 0 Å². The fourth-order valence-corrected chi connectivity index (χ4v) is 1.92. The summed E-state index contributed by atoms with van der Waals surface area (Å²) in [6.07, 6.45) is 3.73. The quantitative estimate of drug-likeness (QED) is 0.710. The summed E-state index contributed by atoms with van der Waals surface area (Å²) >= 11 is 0. The molecule has 0 aliphatic carbocycles. The van der Waals surface area contributed by atoms with E-state index in [1.807, 2.05) is 6.07 Å². The minimum absolute atomic E-state index is 0.275. The number of anilines is 3. The van der Waals surface area contributed by atoms with E-state index in [-0.39, 0.29) is 5.95 Å². The number of nitrogens with zero attached hydrogens (tertiary/aromatic N) is 2. The van der Waals surface area contributed by atoms with Crippen LogP contribution < -0.4 is 16.4 Å². The van der Waals surface area contributed by atoms with E-state index in [9.17, 15) is 0 Å². The number of nitrogen functional groups attached to an aromatic ring is 1. The minimum Gasteiger partial charge on any atom is -0.378 e. The Morgan fingerprint density at radius 3 is 3.00 bits per heavy atom. The molecule has 0 radical (unpaired) electrons. The molecule has 0 aromatic carbocycles. The van der Waals surface area contributed by atoms with Crippen molar-refractivity contribution in [1.82, 2.24) is 9.97 Å². The first-order chi connectivity index (χ1) is 8.28. The zero-order chi connectivity index (χ0) is 12.1. The molecule has 4 N–H and O–H groups in total. The first-order valence-corrected chi connectivity index (χ1v) is 5.95. The maximum absolute atomic E-state index is 5.60. The Morgan fingerprint density at radius 1 is 1.47 bits per heavy atom. The number of nitrogens with two attached hydrogens (primary N) is 1. The van der Waals surface area contributed by atoms with Crippen LogP contribution in [0.2, 0.25) is 0 Å². The summed E-state index contributed by atoms with van der Waals surface area (Å²) in [5.41, 5.74) is 5.60. The Morgan fingerprint density at radius 2 is 2.29 bits per heavy atom. The van der Waals surface area contributed by atoms with Gasteiger partial charge in [-0.25, -0.2) is 0 Å². The van der Waals surface area contributed by atoms with Gasteiger partial charge in [0.25, 0.3) is 0 Å². The van der Waals surface area contributed by atoms with E-state index < -0.39 is 0 Å². The SMILES string of the molecule is CNc1cc(NCCC2CCCO2)nc(N)n1. The molecule has 2 heterocycles. The fraction of sp³-hybridized carbons (Fsp3) is 0.636. The molecule has 94 valence electrons. The molecule has 1 unspecified atom stereocenters. The molecule has 1 aromatic rings. The largest absolute Gasteiger partial charge is 0.378 e. The average Bonchev–Trinajstić information content (AvgIpc) is 2.81. The molecule has 1 aliphatic rings. The molecule has 6 heteroatoms. The Kier molecular flexibility index (Phi) is 3.98. The third-order valence-electron chi connectivity index (χ3n) is 2.80. The Labute approximate surface area is 101 Å². The molecule has 6 nitrogen and oxygen atoms in total. The van der Waals surface area contributed by atoms with Gasteiger partial charge in [-0.15, -0.1) is 0 Å². The number of aromatic nitrogens is 2. The molecule has 1 aliphatic heterocycles. The van der Waals surface area contributed by atoms with Crippen LogP contribution in [0.5, 0.6) is 0 Å². The van der Waals surface area contributed by atoms with Crippen molar-refractivity contribution in [3.8, 4) is 0 Å². The zero-order valence-electron chi connectivity index (χ0n) is 10.1. The predicted octanol–water partition coefficient (Wildman–Crippen LogP) is 1.08. The molecule has 1 aromatic heterocycles. The molecule has 17 heavy (non-hydrogen) atoms. The van der Waals surface area contributed by atoms with Gasteiger partial charge in [0.2, 0.25) is 5.95 Å². The highest BCUT2D eigenvalue weighted by Gasteiger charge is 2.14. The van der Waals surface area contributed by atoms with Crippen molar-refractivity contribution >= 4 is 17.6 Å². The summed E-state index contributed by atoms with van der Waals surface area (Å²) in [6.45, 7) is 1.74. The Balaban J connectivity index is 1.83. The van der Waals surface area contributed by atoms with Crippen LogP contribution >= 0.6 is 0 Å². The highest BCUT2D eigenvalue weighted by molar-refractivity contribution is 5.50. The fourth-order valence-electron chi connectivity index (χ4n) is 1.92. The van der Waals surface area contributed by atoms with Gasteiger partial charge in [-0.05, 0) is 19.3 Å². The molecule has 1 saturated heterocycles. The van der Waals surface area contributed by atoms with Gasteiger partial charge in [0.05, 0.1) is 6.10 Å². The van der Waals surface area contributed by atoms with E-state index >= 15 is 0 Å². The third kappa shape index (κ3) is 3.45. The van der Waals surface area contributed by atoms with Crippen LogP contribution in [-0.4, -0.2) is 36.3 Å². The summed E-state index contributed by atoms with van der Waals surface area (Å²) in [6, 6.07) is 1.84. The molecule has 0 spiro atoms. The van der Waals surface area contributed by atoms with Crippen LogP contribution in [0.1, 0.15) is 19.3 Å². The van der Waals surface area contributed by atoms with Crippen molar-refractivity contribution in [3.63, 3.8) is 0 Å². The summed E-state index contributed by atoms with van der Waals surface area (Å²) < 4.78 is 5.55. The van der Waals surface area contributed by atoms with E-state index in [0.717, 1.165) is 37.6 Å². The zero-order valence-corrected chi connectivity index (χ0v) is 10.1. The molecule has 2 rings (SSSR count). The van der Waals surface area contributed by atoms with Gasteiger partial charge in [-0.2, -0.15) is 9.97 Å². The summed E-state index contributed by atoms with van der Waals surface area (Å²) in [5, 5.41) is 6.18. The predicted molar refractivity (Wildman–Crippen MR) is 68.1 cm³/mol. The lowest BCUT2D eigenvalue weighted by atomic mass is 10.2. The number of hydrogen-bond donors (Lipinski definition) is 3. The van der Waals surface area contributed by atoms with Gasteiger partial charge in [0.1, 0.15) is 11.6 Å². The summed E-state index contributed by atoms with van der Waals surface area (Å²) in [4.78, 5) is 8.15. The lowest BCUT2D eigenvalue weighted by Gasteiger charge is -2.11. The lowest BCUT2D eigenvalue weighted by Crippen LogP contribution is -2.13. The van der Waals surface area contributed by atoms with Gasteiger partial charge in [-0.3, -0.25) is 0 Å². The van der Waals surface area contributed by atoms with E-state index in [4.69, 9.17) is 10.5 Å². The third-order valence-corrected chi connectivity index (χ3v) is 2.80. The molecule has 0 saturated carbocycles. The van der Waals surface area contributed by atoms with Crippen LogP contribution in [-0.2, 0) is 4.74 Å². The maximum atomic E-state index is 5.60. The van der Waals surface area contributed by atoms with Crippen LogP contribution in [0, 0.1) is 0 Å². The Bertz CT molecular complexity index is 365. The standard InChI is InChI=1S/C11H19N5O/c1-13-9-7-10(16-11(12)15-9)14-5-4-8-3-2-6-17-8/h7-8H,2-6H2,1H3,(H4,12,13,14,15,16). The second-order valence-electron chi connectivity index (χ2n) is 4.10. The molecular weight excluding hydrogens is 218 g/mol. The van der Waals surface area contributed by atoms with Gasteiger partial charge < -0.3 is 21.1 Å². The topological polar surface area (TPSA) is 85.1 Å². The lowest BCUT2D eigenvalue weighted by molar-refractivity contribution is 0.107. The number of ether oxygens (including phenoxy) is 1. The van der Waals surface area contributed by atoms with Gasteiger partial charge in [0.15, 0.2) is 0 Å². The second-order valence-corrected chi connectivity index (χ2v) is 4.10. The number of rotatable bonds is 5. The first kappa shape index (κ1) is 11.9. The second kappa shape index (κ2) is 5.67. The van der Waals surface area contributed by atoms with E-state index in [1.54, 1.807) is 7.05 Å². The Hall–Kier alpha value is -1.56. The van der Waals surface area contributed by atoms with Crippen molar-refractivity contribution in [1.29, 1.82) is 0 Å². The van der Waals surface area contributed by atoms with Crippen LogP contribution in [0.15, 0.2) is 6.07 Å². The van der Waals surface area contributed by atoms with Crippen molar-refractivity contribution in [3.05, 3.63) is 6.07 Å². The van der Waals surface area contributed by atoms with E-state index in [1.165, 1.54) is 6.42 Å². The van der Waals surface area contributed by atoms with Gasteiger partial charge >= 0.3 is 0 Å². The van der Waals surface area contributed by atoms with Crippen molar-refractivity contribution in [2.45, 2.75) is 25.4 Å². The van der Waals surface area contributed by atoms with E-state index in [2.05, 4.69) is 20.6 Å². The van der Waals surface area contributed by atoms with Gasteiger partial charge in [0, 0.05) is 26.3 Å². The molecular formula is C11H19N5O. The van der Waals surface area contributed by atoms with Crippen LogP contribution in [0.3, 0.4) is 0 Å². The minimum atomic E-state index is 0.275. The molecule has 0 bridgehead atoms. The summed E-state index contributed by atoms with van der Waals surface area (Å²) in [7, 11) is 1.80. The molecule has 0 amide bonds. The highest BCUT2D eigenvalue weighted by atomic mass is 16.5. The normalized spacial score (nSPS) is 19.2.